The van der Waals surface area contributed by atoms with Crippen LogP contribution in [0.3, 0.4) is 0 Å². The van der Waals surface area contributed by atoms with Crippen LogP contribution in [0.25, 0.3) is 27.5 Å². The second-order valence-electron chi connectivity index (χ2n) is 5.49. The first kappa shape index (κ1) is 12.7. The number of aromatic amines is 1. The normalized spacial score (nSPS) is 11.6. The van der Waals surface area contributed by atoms with E-state index in [0.717, 1.165) is 4.47 Å². The highest BCUT2D eigenvalue weighted by atomic mass is 79.9. The Balaban J connectivity index is 2.19. The van der Waals surface area contributed by atoms with Gasteiger partial charge in [0.05, 0.1) is 0 Å². The average Bonchev–Trinajstić information content (AvgIpc) is 3.09. The van der Waals surface area contributed by atoms with E-state index >= 15 is 0 Å². The summed E-state index contributed by atoms with van der Waals surface area (Å²) in [5.74, 6) is 0. The highest BCUT2D eigenvalue weighted by molar-refractivity contribution is 9.10. The molecule has 2 aromatic carbocycles. The van der Waals surface area contributed by atoms with Gasteiger partial charge in [0.1, 0.15) is 0 Å². The van der Waals surface area contributed by atoms with E-state index in [1.807, 2.05) is 0 Å². The van der Waals surface area contributed by atoms with E-state index in [1.54, 1.807) is 0 Å². The number of nitrogens with one attached hydrogen (secondary N) is 1. The topological polar surface area (TPSA) is 20.7 Å². The second kappa shape index (κ2) is 4.50. The van der Waals surface area contributed by atoms with Gasteiger partial charge < -0.3 is 9.55 Å². The van der Waals surface area contributed by atoms with Crippen molar-refractivity contribution < 1.29 is 0 Å². The minimum Gasteiger partial charge on any atom is -0.354 e. The van der Waals surface area contributed by atoms with Gasteiger partial charge in [0.2, 0.25) is 0 Å². The number of hydrogen-bond acceptors (Lipinski definition) is 0. The zero-order valence-electron chi connectivity index (χ0n) is 11.9. The Hall–Kier alpha value is -2.00. The van der Waals surface area contributed by atoms with Crippen molar-refractivity contribution in [3.05, 3.63) is 64.4 Å². The maximum atomic E-state index is 3.58. The van der Waals surface area contributed by atoms with Gasteiger partial charge in [-0.3, -0.25) is 0 Å². The van der Waals surface area contributed by atoms with Crippen LogP contribution in [0.15, 0.2) is 53.3 Å². The molecule has 0 bridgehead atoms. The Labute approximate surface area is 131 Å². The summed E-state index contributed by atoms with van der Waals surface area (Å²) in [6, 6.07) is 12.8. The molecule has 2 nitrogen and oxygen atoms in total. The van der Waals surface area contributed by atoms with Crippen LogP contribution in [0.1, 0.15) is 11.1 Å². The zero-order valence-corrected chi connectivity index (χ0v) is 13.5. The van der Waals surface area contributed by atoms with Gasteiger partial charge in [0.25, 0.3) is 0 Å². The van der Waals surface area contributed by atoms with Crippen molar-refractivity contribution in [2.45, 2.75) is 13.8 Å². The lowest BCUT2D eigenvalue weighted by Crippen LogP contribution is -1.95. The summed E-state index contributed by atoms with van der Waals surface area (Å²) in [4.78, 5) is 3.56. The number of halogens is 1. The maximum Gasteiger partial charge on any atom is 0.0498 e. The number of rotatable bonds is 1. The molecule has 104 valence electrons. The first-order valence-corrected chi connectivity index (χ1v) is 7.79. The van der Waals surface area contributed by atoms with E-state index in [2.05, 4.69) is 88.1 Å². The average molecular weight is 339 g/mol. The minimum atomic E-state index is 1.11. The molecule has 4 aromatic rings. The van der Waals surface area contributed by atoms with Gasteiger partial charge in [0.15, 0.2) is 0 Å². The number of aryl methyl sites for hydroxylation is 2. The van der Waals surface area contributed by atoms with E-state index in [-0.39, 0.29) is 0 Å². The summed E-state index contributed by atoms with van der Waals surface area (Å²) >= 11 is 3.58. The zero-order chi connectivity index (χ0) is 14.6. The second-order valence-corrected chi connectivity index (χ2v) is 6.41. The van der Waals surface area contributed by atoms with E-state index in [9.17, 15) is 0 Å². The molecule has 0 unspecified atom stereocenters. The molecule has 0 amide bonds. The van der Waals surface area contributed by atoms with Crippen LogP contribution in [-0.2, 0) is 0 Å². The van der Waals surface area contributed by atoms with Crippen molar-refractivity contribution in [1.29, 1.82) is 0 Å². The molecular formula is C18H15BrN2. The molecule has 0 saturated carbocycles. The van der Waals surface area contributed by atoms with Crippen molar-refractivity contribution in [2.75, 3.05) is 0 Å². The number of fused-ring (bicyclic) bond motifs is 3. The molecule has 2 heterocycles. The number of aromatic nitrogens is 2. The molecule has 0 aliphatic rings. The van der Waals surface area contributed by atoms with Gasteiger partial charge in [0, 0.05) is 44.4 Å². The van der Waals surface area contributed by atoms with Crippen LogP contribution in [0.2, 0.25) is 0 Å². The molecule has 1 N–H and O–H groups in total. The standard InChI is InChI=1S/C18H15BrN2/c1-11-9-16(21-7-3-4-8-21)12(2)17-14-10-13(19)5-6-15(14)20-18(11)17/h3-10,20H,1-2H3. The van der Waals surface area contributed by atoms with Crippen LogP contribution >= 0.6 is 15.9 Å². The van der Waals surface area contributed by atoms with E-state index in [0.29, 0.717) is 0 Å². The minimum absolute atomic E-state index is 1.11. The molecular weight excluding hydrogens is 324 g/mol. The Bertz CT molecular complexity index is 962. The highest BCUT2D eigenvalue weighted by Gasteiger charge is 2.13. The number of H-pyrrole nitrogens is 1. The van der Waals surface area contributed by atoms with Crippen LogP contribution in [0.5, 0.6) is 0 Å². The van der Waals surface area contributed by atoms with E-state index < -0.39 is 0 Å². The summed E-state index contributed by atoms with van der Waals surface area (Å²) in [5, 5.41) is 2.59. The largest absolute Gasteiger partial charge is 0.354 e. The summed E-state index contributed by atoms with van der Waals surface area (Å²) < 4.78 is 3.29. The third-order valence-electron chi connectivity index (χ3n) is 4.15. The van der Waals surface area contributed by atoms with Gasteiger partial charge in [-0.25, -0.2) is 0 Å². The van der Waals surface area contributed by atoms with Crippen LogP contribution in [0, 0.1) is 13.8 Å². The molecule has 2 aromatic heterocycles. The molecule has 0 saturated heterocycles. The molecule has 0 radical (unpaired) electrons. The fourth-order valence-electron chi connectivity index (χ4n) is 3.13. The van der Waals surface area contributed by atoms with Crippen LogP contribution in [0.4, 0.5) is 0 Å². The maximum absolute atomic E-state index is 3.58. The van der Waals surface area contributed by atoms with Gasteiger partial charge in [-0.05, 0) is 61.4 Å². The molecule has 0 aliphatic carbocycles. The summed E-state index contributed by atoms with van der Waals surface area (Å²) in [7, 11) is 0. The van der Waals surface area contributed by atoms with Crippen molar-refractivity contribution in [1.82, 2.24) is 9.55 Å². The van der Waals surface area contributed by atoms with Crippen molar-refractivity contribution >= 4 is 37.7 Å². The summed E-state index contributed by atoms with van der Waals surface area (Å²) in [6.07, 6.45) is 4.19. The predicted molar refractivity (Wildman–Crippen MR) is 92.3 cm³/mol. The number of hydrogen-bond donors (Lipinski definition) is 1. The first-order chi connectivity index (χ1) is 10.1. The van der Waals surface area contributed by atoms with Crippen LogP contribution in [-0.4, -0.2) is 9.55 Å². The summed E-state index contributed by atoms with van der Waals surface area (Å²) in [6.45, 7) is 4.37. The molecule has 0 spiro atoms. The predicted octanol–water partition coefficient (Wildman–Crippen LogP) is 5.49. The third kappa shape index (κ3) is 1.84. The third-order valence-corrected chi connectivity index (χ3v) is 4.64. The van der Waals surface area contributed by atoms with Crippen molar-refractivity contribution in [2.24, 2.45) is 0 Å². The molecule has 0 atom stereocenters. The Morgan fingerprint density at radius 2 is 1.81 bits per heavy atom. The van der Waals surface area contributed by atoms with Gasteiger partial charge in [-0.15, -0.1) is 0 Å². The fraction of sp³-hybridized carbons (Fsp3) is 0.111. The first-order valence-electron chi connectivity index (χ1n) is 6.99. The lowest BCUT2D eigenvalue weighted by Gasteiger charge is -2.11. The SMILES string of the molecule is Cc1cc(-n2cccc2)c(C)c2c1[nH]c1ccc(Br)cc12. The number of nitrogens with zero attached hydrogens (tertiary/aromatic N) is 1. The lowest BCUT2D eigenvalue weighted by molar-refractivity contribution is 1.06. The molecule has 3 heteroatoms. The van der Waals surface area contributed by atoms with Crippen molar-refractivity contribution in [3.8, 4) is 5.69 Å². The van der Waals surface area contributed by atoms with Crippen molar-refractivity contribution in [3.63, 3.8) is 0 Å². The lowest BCUT2D eigenvalue weighted by atomic mass is 10.0. The smallest absolute Gasteiger partial charge is 0.0498 e. The monoisotopic (exact) mass is 338 g/mol. The molecule has 4 rings (SSSR count). The Morgan fingerprint density at radius 3 is 2.57 bits per heavy atom. The van der Waals surface area contributed by atoms with Gasteiger partial charge in [-0.1, -0.05) is 15.9 Å². The quantitative estimate of drug-likeness (QED) is 0.473. The fourth-order valence-corrected chi connectivity index (χ4v) is 3.49. The Morgan fingerprint density at radius 1 is 1.05 bits per heavy atom. The summed E-state index contributed by atoms with van der Waals surface area (Å²) in [5.41, 5.74) is 6.23. The Kier molecular flexibility index (Phi) is 2.73. The molecule has 0 aliphatic heterocycles. The molecule has 0 fully saturated rings. The van der Waals surface area contributed by atoms with E-state index in [4.69, 9.17) is 0 Å². The van der Waals surface area contributed by atoms with Gasteiger partial charge in [-0.2, -0.15) is 0 Å². The highest BCUT2D eigenvalue weighted by Crippen LogP contribution is 2.35. The van der Waals surface area contributed by atoms with E-state index in [1.165, 1.54) is 38.6 Å². The van der Waals surface area contributed by atoms with Gasteiger partial charge >= 0.3 is 0 Å². The van der Waals surface area contributed by atoms with Crippen LogP contribution < -0.4 is 0 Å². The number of benzene rings is 2. The molecule has 21 heavy (non-hydrogen) atoms.